The number of carbonyl (C=O) groups excluding carboxylic acids is 1. The van der Waals surface area contributed by atoms with Crippen LogP contribution in [0.5, 0.6) is 5.75 Å². The van der Waals surface area contributed by atoms with Gasteiger partial charge in [-0.15, -0.1) is 0 Å². The Morgan fingerprint density at radius 1 is 0.968 bits per heavy atom. The van der Waals surface area contributed by atoms with E-state index >= 15 is 0 Å². The van der Waals surface area contributed by atoms with E-state index in [0.29, 0.717) is 18.7 Å². The number of hydrogen-bond donors (Lipinski definition) is 0. The van der Waals surface area contributed by atoms with Crippen LogP contribution in [0.3, 0.4) is 0 Å². The minimum absolute atomic E-state index is 0.0759. The van der Waals surface area contributed by atoms with Crippen molar-refractivity contribution < 1.29 is 17.4 Å². The predicted octanol–water partition coefficient (Wildman–Crippen LogP) is 6.46. The van der Waals surface area contributed by atoms with E-state index in [1.165, 1.54) is 44.9 Å². The summed E-state index contributed by atoms with van der Waals surface area (Å²) < 4.78 is 28.6. The fourth-order valence-corrected chi connectivity index (χ4v) is 4.05. The Morgan fingerprint density at radius 3 is 2.16 bits per heavy atom. The first-order valence-electron chi connectivity index (χ1n) is 12.1. The standard InChI is InChI=1S/C25H43NO4S/c1-5-8-9-10-11-12-13-14-15-19-25(27)26(22(4)6-2)21-23-17-16-18-24(20-23)30-31(28,29)7-3/h16-18,20,22H,5-15,19,21H2,1-4H3. The first kappa shape index (κ1) is 27.5. The lowest BCUT2D eigenvalue weighted by Crippen LogP contribution is -2.37. The van der Waals surface area contributed by atoms with E-state index in [1.807, 2.05) is 11.0 Å². The van der Waals surface area contributed by atoms with E-state index in [1.54, 1.807) is 25.1 Å². The average molecular weight is 454 g/mol. The van der Waals surface area contributed by atoms with Crippen molar-refractivity contribution in [1.29, 1.82) is 0 Å². The molecule has 0 aliphatic rings. The molecule has 1 rings (SSSR count). The van der Waals surface area contributed by atoms with E-state index in [4.69, 9.17) is 4.18 Å². The molecule has 0 aliphatic heterocycles. The third kappa shape index (κ3) is 11.6. The van der Waals surface area contributed by atoms with Gasteiger partial charge in [0.1, 0.15) is 5.75 Å². The van der Waals surface area contributed by atoms with Crippen LogP contribution in [0.15, 0.2) is 24.3 Å². The molecule has 1 unspecified atom stereocenters. The van der Waals surface area contributed by atoms with E-state index in [-0.39, 0.29) is 17.7 Å². The molecule has 5 nitrogen and oxygen atoms in total. The summed E-state index contributed by atoms with van der Waals surface area (Å²) in [6.07, 6.45) is 12.5. The zero-order chi connectivity index (χ0) is 23.1. The summed E-state index contributed by atoms with van der Waals surface area (Å²) in [5.41, 5.74) is 0.879. The van der Waals surface area contributed by atoms with Crippen LogP contribution >= 0.6 is 0 Å². The summed E-state index contributed by atoms with van der Waals surface area (Å²) in [6, 6.07) is 7.17. The van der Waals surface area contributed by atoms with Crippen molar-refractivity contribution in [2.45, 2.75) is 111 Å². The van der Waals surface area contributed by atoms with Crippen LogP contribution in [0.4, 0.5) is 0 Å². The fourth-order valence-electron chi connectivity index (χ4n) is 3.54. The van der Waals surface area contributed by atoms with E-state index in [2.05, 4.69) is 20.8 Å². The molecule has 1 aromatic rings. The molecular weight excluding hydrogens is 410 g/mol. The summed E-state index contributed by atoms with van der Waals surface area (Å²) in [4.78, 5) is 14.8. The van der Waals surface area contributed by atoms with Crippen molar-refractivity contribution >= 4 is 16.0 Å². The first-order valence-corrected chi connectivity index (χ1v) is 13.7. The second-order valence-electron chi connectivity index (χ2n) is 8.43. The smallest absolute Gasteiger partial charge is 0.308 e. The van der Waals surface area contributed by atoms with Gasteiger partial charge < -0.3 is 9.08 Å². The zero-order valence-corrected chi connectivity index (χ0v) is 20.9. The summed E-state index contributed by atoms with van der Waals surface area (Å²) >= 11 is 0. The molecule has 31 heavy (non-hydrogen) atoms. The van der Waals surface area contributed by atoms with E-state index in [0.717, 1.165) is 24.8 Å². The normalized spacial score (nSPS) is 12.5. The molecule has 0 heterocycles. The highest BCUT2D eigenvalue weighted by Gasteiger charge is 2.19. The summed E-state index contributed by atoms with van der Waals surface area (Å²) in [5, 5.41) is 0. The Labute approximate surface area is 190 Å². The predicted molar refractivity (Wildman–Crippen MR) is 129 cm³/mol. The lowest BCUT2D eigenvalue weighted by molar-refractivity contribution is -0.134. The van der Waals surface area contributed by atoms with Crippen LogP contribution in [0.1, 0.15) is 104 Å². The quantitative estimate of drug-likeness (QED) is 0.200. The highest BCUT2D eigenvalue weighted by molar-refractivity contribution is 7.87. The van der Waals surface area contributed by atoms with E-state index < -0.39 is 10.1 Å². The molecule has 1 atom stereocenters. The number of amides is 1. The molecule has 0 bridgehead atoms. The van der Waals surface area contributed by atoms with Crippen molar-refractivity contribution in [3.05, 3.63) is 29.8 Å². The molecule has 1 aromatic carbocycles. The minimum atomic E-state index is -3.56. The van der Waals surface area contributed by atoms with E-state index in [9.17, 15) is 13.2 Å². The van der Waals surface area contributed by atoms with Gasteiger partial charge in [-0.05, 0) is 44.4 Å². The SMILES string of the molecule is CCCCCCCCCCCC(=O)N(Cc1cccc(OS(=O)(=O)CC)c1)C(C)CC. The van der Waals surface area contributed by atoms with Gasteiger partial charge in [0.25, 0.3) is 0 Å². The second-order valence-corrected chi connectivity index (χ2v) is 10.3. The fraction of sp³-hybridized carbons (Fsp3) is 0.720. The molecular formula is C25H43NO4S. The molecule has 0 N–H and O–H groups in total. The lowest BCUT2D eigenvalue weighted by atomic mass is 10.1. The van der Waals surface area contributed by atoms with Crippen molar-refractivity contribution in [3.63, 3.8) is 0 Å². The Hall–Kier alpha value is -1.56. The van der Waals surface area contributed by atoms with Gasteiger partial charge in [0.15, 0.2) is 0 Å². The topological polar surface area (TPSA) is 63.7 Å². The first-order chi connectivity index (χ1) is 14.8. The molecule has 0 aliphatic carbocycles. The lowest BCUT2D eigenvalue weighted by Gasteiger charge is -2.29. The number of nitrogens with zero attached hydrogens (tertiary/aromatic N) is 1. The van der Waals surface area contributed by atoms with Gasteiger partial charge in [-0.3, -0.25) is 4.79 Å². The van der Waals surface area contributed by atoms with Crippen LogP contribution < -0.4 is 4.18 Å². The summed E-state index contributed by atoms with van der Waals surface area (Å²) in [5.74, 6) is 0.396. The molecule has 0 radical (unpaired) electrons. The van der Waals surface area contributed by atoms with Crippen molar-refractivity contribution in [2.24, 2.45) is 0 Å². The molecule has 0 saturated carbocycles. The Kier molecular flexibility index (Phi) is 13.5. The highest BCUT2D eigenvalue weighted by atomic mass is 32.2. The van der Waals surface area contributed by atoms with Crippen molar-refractivity contribution in [2.75, 3.05) is 5.75 Å². The van der Waals surface area contributed by atoms with Gasteiger partial charge >= 0.3 is 10.1 Å². The zero-order valence-electron chi connectivity index (χ0n) is 20.1. The van der Waals surface area contributed by atoms with Gasteiger partial charge in [-0.1, -0.05) is 77.3 Å². The van der Waals surface area contributed by atoms with Crippen LogP contribution in [-0.4, -0.2) is 31.0 Å². The molecule has 0 spiro atoms. The molecule has 0 saturated heterocycles. The largest absolute Gasteiger partial charge is 0.382 e. The molecule has 1 amide bonds. The number of carbonyl (C=O) groups is 1. The van der Waals surface area contributed by atoms with Crippen LogP contribution in [0.2, 0.25) is 0 Å². The molecule has 6 heteroatoms. The maximum absolute atomic E-state index is 12.9. The molecule has 178 valence electrons. The van der Waals surface area contributed by atoms with Gasteiger partial charge in [0.05, 0.1) is 5.75 Å². The van der Waals surface area contributed by atoms with Gasteiger partial charge in [0.2, 0.25) is 5.91 Å². The van der Waals surface area contributed by atoms with Crippen LogP contribution in [0.25, 0.3) is 0 Å². The van der Waals surface area contributed by atoms with Crippen molar-refractivity contribution in [1.82, 2.24) is 4.90 Å². The Balaban J connectivity index is 2.55. The monoisotopic (exact) mass is 453 g/mol. The van der Waals surface area contributed by atoms with Gasteiger partial charge in [-0.2, -0.15) is 8.42 Å². The maximum Gasteiger partial charge on any atom is 0.308 e. The minimum Gasteiger partial charge on any atom is -0.382 e. The Bertz CT molecular complexity index is 733. The average Bonchev–Trinajstić information content (AvgIpc) is 2.75. The third-order valence-corrected chi connectivity index (χ3v) is 6.92. The Morgan fingerprint density at radius 2 is 1.58 bits per heavy atom. The number of hydrogen-bond acceptors (Lipinski definition) is 4. The van der Waals surface area contributed by atoms with Gasteiger partial charge in [-0.25, -0.2) is 0 Å². The maximum atomic E-state index is 12.9. The number of rotatable bonds is 17. The van der Waals surface area contributed by atoms with Gasteiger partial charge in [0, 0.05) is 19.0 Å². The highest BCUT2D eigenvalue weighted by Crippen LogP contribution is 2.20. The van der Waals surface area contributed by atoms with Crippen molar-refractivity contribution in [3.8, 4) is 5.75 Å². The summed E-state index contributed by atoms with van der Waals surface area (Å²) in [6.45, 7) is 8.40. The molecule has 0 aromatic heterocycles. The van der Waals surface area contributed by atoms with Crippen LogP contribution in [-0.2, 0) is 21.5 Å². The third-order valence-electron chi connectivity index (χ3n) is 5.77. The summed E-state index contributed by atoms with van der Waals surface area (Å²) in [7, 11) is -3.56. The second kappa shape index (κ2) is 15.3. The number of benzene rings is 1. The number of unbranched alkanes of at least 4 members (excludes halogenated alkanes) is 8. The molecule has 0 fully saturated rings. The van der Waals surface area contributed by atoms with Crippen LogP contribution in [0, 0.1) is 0 Å².